The van der Waals surface area contributed by atoms with E-state index in [4.69, 9.17) is 0 Å². The first-order valence-corrected chi connectivity index (χ1v) is 7.70. The van der Waals surface area contributed by atoms with Crippen molar-refractivity contribution >= 4 is 11.7 Å². The van der Waals surface area contributed by atoms with Crippen LogP contribution in [0.4, 0.5) is 14.6 Å². The van der Waals surface area contributed by atoms with Crippen LogP contribution in [0.2, 0.25) is 0 Å². The second-order valence-corrected chi connectivity index (χ2v) is 5.89. The van der Waals surface area contributed by atoms with Crippen LogP contribution in [0.5, 0.6) is 0 Å². The second kappa shape index (κ2) is 6.51. The molecule has 0 aliphatic carbocycles. The smallest absolute Gasteiger partial charge is 0.242 e. The molecule has 5 nitrogen and oxygen atoms in total. The van der Waals surface area contributed by atoms with Gasteiger partial charge in [-0.2, -0.15) is 0 Å². The first kappa shape index (κ1) is 16.3. The molecule has 0 radical (unpaired) electrons. The first-order valence-electron chi connectivity index (χ1n) is 7.70. The summed E-state index contributed by atoms with van der Waals surface area (Å²) in [6.07, 6.45) is 1.50. The van der Waals surface area contributed by atoms with Gasteiger partial charge in [-0.3, -0.25) is 4.79 Å². The quantitative estimate of drug-likeness (QED) is 0.865. The lowest BCUT2D eigenvalue weighted by molar-refractivity contribution is -0.131. The van der Waals surface area contributed by atoms with Gasteiger partial charge in [-0.25, -0.2) is 18.7 Å². The van der Waals surface area contributed by atoms with E-state index in [0.29, 0.717) is 18.7 Å². The van der Waals surface area contributed by atoms with Gasteiger partial charge in [-0.15, -0.1) is 0 Å². The Morgan fingerprint density at radius 1 is 1.12 bits per heavy atom. The van der Waals surface area contributed by atoms with Crippen molar-refractivity contribution in [2.45, 2.75) is 20.4 Å². The Morgan fingerprint density at radius 2 is 1.92 bits per heavy atom. The highest BCUT2D eigenvalue weighted by molar-refractivity contribution is 5.82. The number of piperazine rings is 1. The molecular formula is C17H18F2N4O. The maximum Gasteiger partial charge on any atom is 0.242 e. The predicted molar refractivity (Wildman–Crippen MR) is 85.5 cm³/mol. The monoisotopic (exact) mass is 332 g/mol. The summed E-state index contributed by atoms with van der Waals surface area (Å²) in [5, 5.41) is 0. The van der Waals surface area contributed by atoms with Gasteiger partial charge in [-0.1, -0.05) is 6.07 Å². The number of rotatable bonds is 3. The molecule has 0 bridgehead atoms. The molecule has 3 rings (SSSR count). The van der Waals surface area contributed by atoms with Crippen LogP contribution >= 0.6 is 0 Å². The van der Waals surface area contributed by atoms with Crippen molar-refractivity contribution in [2.24, 2.45) is 0 Å². The highest BCUT2D eigenvalue weighted by Gasteiger charge is 2.26. The highest BCUT2D eigenvalue weighted by atomic mass is 19.2. The van der Waals surface area contributed by atoms with Gasteiger partial charge in [0.1, 0.15) is 12.1 Å². The van der Waals surface area contributed by atoms with Gasteiger partial charge < -0.3 is 9.80 Å². The summed E-state index contributed by atoms with van der Waals surface area (Å²) in [4.78, 5) is 24.4. The molecule has 1 aliphatic rings. The summed E-state index contributed by atoms with van der Waals surface area (Å²) < 4.78 is 26.3. The van der Waals surface area contributed by atoms with Crippen LogP contribution in [0.15, 0.2) is 24.5 Å². The van der Waals surface area contributed by atoms with Crippen LogP contribution in [0.3, 0.4) is 0 Å². The summed E-state index contributed by atoms with van der Waals surface area (Å²) >= 11 is 0. The molecule has 0 atom stereocenters. The van der Waals surface area contributed by atoms with E-state index in [-0.39, 0.29) is 19.0 Å². The number of carbonyl (C=O) groups excluding carboxylic acids is 1. The summed E-state index contributed by atoms with van der Waals surface area (Å²) in [6.45, 7) is 5.45. The standard InChI is InChI=1S/C17H18F2N4O/c1-11-12(2)20-10-21-17(11)23-6-5-22(16(24)9-23)8-13-3-4-14(18)15(19)7-13/h3-4,7,10H,5-6,8-9H2,1-2H3. The molecule has 0 unspecified atom stereocenters. The molecule has 2 heterocycles. The molecular weight excluding hydrogens is 314 g/mol. The van der Waals surface area contributed by atoms with E-state index in [2.05, 4.69) is 9.97 Å². The van der Waals surface area contributed by atoms with Crippen molar-refractivity contribution in [3.05, 3.63) is 53.0 Å². The van der Waals surface area contributed by atoms with Gasteiger partial charge >= 0.3 is 0 Å². The van der Waals surface area contributed by atoms with Crippen LogP contribution in [-0.2, 0) is 11.3 Å². The first-order chi connectivity index (χ1) is 11.5. The predicted octanol–water partition coefficient (Wildman–Crippen LogP) is 2.22. The third-order valence-corrected chi connectivity index (χ3v) is 4.29. The fourth-order valence-corrected chi connectivity index (χ4v) is 2.76. The topological polar surface area (TPSA) is 49.3 Å². The van der Waals surface area contributed by atoms with Gasteiger partial charge in [0, 0.05) is 30.9 Å². The summed E-state index contributed by atoms with van der Waals surface area (Å²) in [5.41, 5.74) is 2.42. The average molecular weight is 332 g/mol. The number of anilines is 1. The average Bonchev–Trinajstić information content (AvgIpc) is 2.55. The number of nitrogens with zero attached hydrogens (tertiary/aromatic N) is 4. The molecule has 0 saturated carbocycles. The Labute approximate surface area is 138 Å². The fraction of sp³-hybridized carbons (Fsp3) is 0.353. The summed E-state index contributed by atoms with van der Waals surface area (Å²) in [7, 11) is 0. The van der Waals surface area contributed by atoms with E-state index in [1.165, 1.54) is 12.4 Å². The molecule has 0 spiro atoms. The van der Waals surface area contributed by atoms with Crippen molar-refractivity contribution in [2.75, 3.05) is 24.5 Å². The zero-order chi connectivity index (χ0) is 17.3. The van der Waals surface area contributed by atoms with Crippen molar-refractivity contribution in [3.8, 4) is 0 Å². The number of aryl methyl sites for hydroxylation is 1. The van der Waals surface area contributed by atoms with Gasteiger partial charge in [-0.05, 0) is 31.5 Å². The van der Waals surface area contributed by atoms with E-state index < -0.39 is 11.6 Å². The molecule has 0 N–H and O–H groups in total. The van der Waals surface area contributed by atoms with E-state index in [1.54, 1.807) is 4.90 Å². The van der Waals surface area contributed by atoms with Crippen molar-refractivity contribution in [1.82, 2.24) is 14.9 Å². The Hall–Kier alpha value is -2.57. The molecule has 24 heavy (non-hydrogen) atoms. The minimum atomic E-state index is -0.898. The normalized spacial score (nSPS) is 15.1. The van der Waals surface area contributed by atoms with Crippen LogP contribution in [0.1, 0.15) is 16.8 Å². The molecule has 1 aromatic carbocycles. The van der Waals surface area contributed by atoms with Crippen LogP contribution < -0.4 is 4.90 Å². The Morgan fingerprint density at radius 3 is 2.62 bits per heavy atom. The summed E-state index contributed by atoms with van der Waals surface area (Å²) in [6, 6.07) is 3.71. The molecule has 2 aromatic rings. The highest BCUT2D eigenvalue weighted by Crippen LogP contribution is 2.21. The molecule has 7 heteroatoms. The maximum absolute atomic E-state index is 13.3. The number of amides is 1. The minimum Gasteiger partial charge on any atom is -0.345 e. The lowest BCUT2D eigenvalue weighted by Crippen LogP contribution is -2.50. The van der Waals surface area contributed by atoms with E-state index in [9.17, 15) is 13.6 Å². The lowest BCUT2D eigenvalue weighted by Gasteiger charge is -2.35. The molecule has 1 aliphatic heterocycles. The number of halogens is 2. The maximum atomic E-state index is 13.3. The SMILES string of the molecule is Cc1ncnc(N2CCN(Cc3ccc(F)c(F)c3)C(=O)C2)c1C. The Bertz CT molecular complexity index is 781. The second-order valence-electron chi connectivity index (χ2n) is 5.89. The van der Waals surface area contributed by atoms with Crippen LogP contribution in [0, 0.1) is 25.5 Å². The van der Waals surface area contributed by atoms with Crippen LogP contribution in [-0.4, -0.2) is 40.4 Å². The number of hydrogen-bond acceptors (Lipinski definition) is 4. The molecule has 1 amide bonds. The van der Waals surface area contributed by atoms with Crippen molar-refractivity contribution in [3.63, 3.8) is 0 Å². The fourth-order valence-electron chi connectivity index (χ4n) is 2.76. The number of aromatic nitrogens is 2. The van der Waals surface area contributed by atoms with Gasteiger partial charge in [0.15, 0.2) is 11.6 Å². The van der Waals surface area contributed by atoms with Crippen LogP contribution in [0.25, 0.3) is 0 Å². The third-order valence-electron chi connectivity index (χ3n) is 4.29. The zero-order valence-corrected chi connectivity index (χ0v) is 13.6. The Balaban J connectivity index is 1.70. The number of hydrogen-bond donors (Lipinski definition) is 0. The van der Waals surface area contributed by atoms with Gasteiger partial charge in [0.05, 0.1) is 6.54 Å². The third kappa shape index (κ3) is 3.20. The summed E-state index contributed by atoms with van der Waals surface area (Å²) in [5.74, 6) is -1.08. The van der Waals surface area contributed by atoms with Gasteiger partial charge in [0.25, 0.3) is 0 Å². The van der Waals surface area contributed by atoms with E-state index in [1.807, 2.05) is 18.7 Å². The minimum absolute atomic E-state index is 0.0679. The largest absolute Gasteiger partial charge is 0.345 e. The van der Waals surface area contributed by atoms with E-state index >= 15 is 0 Å². The van der Waals surface area contributed by atoms with Gasteiger partial charge in [0.2, 0.25) is 5.91 Å². The number of carbonyl (C=O) groups is 1. The molecule has 1 saturated heterocycles. The number of benzene rings is 1. The molecule has 1 aromatic heterocycles. The lowest BCUT2D eigenvalue weighted by atomic mass is 10.1. The molecule has 1 fully saturated rings. The molecule has 126 valence electrons. The van der Waals surface area contributed by atoms with Crippen molar-refractivity contribution in [1.29, 1.82) is 0 Å². The van der Waals surface area contributed by atoms with E-state index in [0.717, 1.165) is 29.2 Å². The van der Waals surface area contributed by atoms with Crippen molar-refractivity contribution < 1.29 is 13.6 Å². The zero-order valence-electron chi connectivity index (χ0n) is 13.6. The Kier molecular flexibility index (Phi) is 4.42.